The normalized spacial score (nSPS) is 14.5. The summed E-state index contributed by atoms with van der Waals surface area (Å²) in [5.74, 6) is 1.72. The van der Waals surface area contributed by atoms with Gasteiger partial charge in [-0.25, -0.2) is 4.98 Å². The number of anilines is 1. The van der Waals surface area contributed by atoms with Gasteiger partial charge in [-0.3, -0.25) is 14.9 Å². The van der Waals surface area contributed by atoms with Crippen molar-refractivity contribution in [1.82, 2.24) is 20.2 Å². The second-order valence-corrected chi connectivity index (χ2v) is 9.43. The molecule has 1 aliphatic rings. The average molecular weight is 408 g/mol. The Labute approximate surface area is 161 Å². The molecule has 0 atom stereocenters. The molecule has 3 heterocycles. The smallest absolute Gasteiger partial charge is 0.259 e. The number of hydrogen-bond acceptors (Lipinski definition) is 8. The molecule has 136 valence electrons. The summed E-state index contributed by atoms with van der Waals surface area (Å²) in [7, 11) is 0. The van der Waals surface area contributed by atoms with Crippen molar-refractivity contribution in [2.45, 2.75) is 37.9 Å². The number of nitrogens with zero attached hydrogens (tertiary/aromatic N) is 3. The molecule has 1 fully saturated rings. The Morgan fingerprint density at radius 1 is 1.38 bits per heavy atom. The van der Waals surface area contributed by atoms with Crippen molar-refractivity contribution in [3.05, 3.63) is 32.1 Å². The molecule has 0 radical (unpaired) electrons. The van der Waals surface area contributed by atoms with E-state index in [4.69, 9.17) is 0 Å². The molecule has 1 aliphatic carbocycles. The van der Waals surface area contributed by atoms with Crippen LogP contribution < -0.4 is 10.9 Å². The van der Waals surface area contributed by atoms with Gasteiger partial charge in [0.05, 0.1) is 16.9 Å². The van der Waals surface area contributed by atoms with Gasteiger partial charge in [-0.1, -0.05) is 17.8 Å². The molecule has 0 aliphatic heterocycles. The van der Waals surface area contributed by atoms with Gasteiger partial charge in [-0.15, -0.1) is 33.3 Å². The topological polar surface area (TPSA) is 101 Å². The van der Waals surface area contributed by atoms with Crippen LogP contribution in [0.25, 0.3) is 10.2 Å². The van der Waals surface area contributed by atoms with Gasteiger partial charge in [-0.05, 0) is 25.8 Å². The number of amides is 1. The standard InChI is InChI=1S/C16H17N5O2S3/c1-8-5-10-13(23)17-11(18-15(10)25-8)6-24-7-12(22)19-16-21-20-14(26-16)9-3-2-4-9/h5,9H,2-4,6-7H2,1H3,(H,17,18,23)(H,19,21,22). The van der Waals surface area contributed by atoms with Gasteiger partial charge in [-0.2, -0.15) is 0 Å². The Kier molecular flexibility index (Phi) is 5.05. The van der Waals surface area contributed by atoms with Crippen LogP contribution >= 0.6 is 34.4 Å². The maximum Gasteiger partial charge on any atom is 0.259 e. The van der Waals surface area contributed by atoms with E-state index in [1.54, 1.807) is 0 Å². The van der Waals surface area contributed by atoms with Gasteiger partial charge in [0.15, 0.2) is 0 Å². The summed E-state index contributed by atoms with van der Waals surface area (Å²) in [5.41, 5.74) is -0.128. The number of carbonyl (C=O) groups is 1. The first-order chi connectivity index (χ1) is 12.6. The lowest BCUT2D eigenvalue weighted by atomic mass is 9.86. The van der Waals surface area contributed by atoms with Gasteiger partial charge in [0.25, 0.3) is 5.56 Å². The fourth-order valence-corrected chi connectivity index (χ4v) is 5.18. The number of carbonyl (C=O) groups excluding carboxylic acids is 1. The summed E-state index contributed by atoms with van der Waals surface area (Å²) in [6.45, 7) is 1.95. The highest BCUT2D eigenvalue weighted by Crippen LogP contribution is 2.38. The lowest BCUT2D eigenvalue weighted by Crippen LogP contribution is -2.15. The molecule has 3 aromatic rings. The number of thiophene rings is 1. The summed E-state index contributed by atoms with van der Waals surface area (Å²) in [5, 5.41) is 13.2. The van der Waals surface area contributed by atoms with Crippen LogP contribution in [-0.4, -0.2) is 31.8 Å². The Morgan fingerprint density at radius 2 is 2.23 bits per heavy atom. The number of aromatic nitrogens is 4. The molecular formula is C16H17N5O2S3. The van der Waals surface area contributed by atoms with Crippen molar-refractivity contribution in [2.24, 2.45) is 0 Å². The van der Waals surface area contributed by atoms with E-state index in [1.807, 2.05) is 13.0 Å². The quantitative estimate of drug-likeness (QED) is 0.650. The minimum absolute atomic E-state index is 0.123. The summed E-state index contributed by atoms with van der Waals surface area (Å²) < 4.78 is 0. The number of hydrogen-bond donors (Lipinski definition) is 2. The van der Waals surface area contributed by atoms with Crippen LogP contribution in [0.4, 0.5) is 5.13 Å². The van der Waals surface area contributed by atoms with Crippen molar-refractivity contribution in [3.63, 3.8) is 0 Å². The summed E-state index contributed by atoms with van der Waals surface area (Å²) in [6, 6.07) is 1.84. The second-order valence-electron chi connectivity index (χ2n) is 6.20. The number of thioether (sulfide) groups is 1. The van der Waals surface area contributed by atoms with E-state index in [1.165, 1.54) is 40.9 Å². The number of aryl methyl sites for hydroxylation is 1. The van der Waals surface area contributed by atoms with Crippen molar-refractivity contribution in [2.75, 3.05) is 11.1 Å². The van der Waals surface area contributed by atoms with E-state index in [9.17, 15) is 9.59 Å². The monoisotopic (exact) mass is 407 g/mol. The third-order valence-electron chi connectivity index (χ3n) is 4.19. The minimum atomic E-state index is -0.128. The van der Waals surface area contributed by atoms with Crippen molar-refractivity contribution >= 4 is 55.7 Å². The van der Waals surface area contributed by atoms with Gasteiger partial charge in [0.1, 0.15) is 15.7 Å². The Hall–Kier alpha value is -1.78. The molecule has 3 aromatic heterocycles. The number of fused-ring (bicyclic) bond motifs is 1. The predicted octanol–water partition coefficient (Wildman–Crippen LogP) is 3.28. The molecule has 2 N–H and O–H groups in total. The van der Waals surface area contributed by atoms with Crippen LogP contribution in [-0.2, 0) is 10.5 Å². The largest absolute Gasteiger partial charge is 0.309 e. The third kappa shape index (κ3) is 3.81. The van der Waals surface area contributed by atoms with Crippen molar-refractivity contribution in [3.8, 4) is 0 Å². The molecule has 26 heavy (non-hydrogen) atoms. The maximum absolute atomic E-state index is 12.1. The molecule has 10 heteroatoms. The first kappa shape index (κ1) is 17.6. The molecule has 0 saturated heterocycles. The molecular weight excluding hydrogens is 390 g/mol. The zero-order valence-corrected chi connectivity index (χ0v) is 16.5. The Bertz CT molecular complexity index is 1000. The molecule has 0 unspecified atom stereocenters. The summed E-state index contributed by atoms with van der Waals surface area (Å²) >= 11 is 4.36. The van der Waals surface area contributed by atoms with Crippen LogP contribution in [0.2, 0.25) is 0 Å². The lowest BCUT2D eigenvalue weighted by molar-refractivity contribution is -0.113. The van der Waals surface area contributed by atoms with Crippen molar-refractivity contribution < 1.29 is 4.79 Å². The van der Waals surface area contributed by atoms with E-state index in [2.05, 4.69) is 25.5 Å². The van der Waals surface area contributed by atoms with Gasteiger partial charge in [0, 0.05) is 10.8 Å². The molecule has 7 nitrogen and oxygen atoms in total. The van der Waals surface area contributed by atoms with Gasteiger partial charge >= 0.3 is 0 Å². The van der Waals surface area contributed by atoms with Crippen LogP contribution in [0.1, 0.15) is 40.9 Å². The van der Waals surface area contributed by atoms with E-state index in [0.29, 0.717) is 28.0 Å². The van der Waals surface area contributed by atoms with E-state index < -0.39 is 0 Å². The fraction of sp³-hybridized carbons (Fsp3) is 0.438. The lowest BCUT2D eigenvalue weighted by Gasteiger charge is -2.21. The van der Waals surface area contributed by atoms with Gasteiger partial charge < -0.3 is 4.98 Å². The molecule has 1 amide bonds. The summed E-state index contributed by atoms with van der Waals surface area (Å²) in [4.78, 5) is 33.2. The maximum atomic E-state index is 12.1. The van der Waals surface area contributed by atoms with Crippen molar-refractivity contribution in [1.29, 1.82) is 0 Å². The molecule has 0 bridgehead atoms. The van der Waals surface area contributed by atoms with E-state index >= 15 is 0 Å². The van der Waals surface area contributed by atoms with Crippen LogP contribution in [0, 0.1) is 6.92 Å². The van der Waals surface area contributed by atoms with E-state index in [0.717, 1.165) is 27.6 Å². The zero-order chi connectivity index (χ0) is 18.1. The van der Waals surface area contributed by atoms with Gasteiger partial charge in [0.2, 0.25) is 11.0 Å². The minimum Gasteiger partial charge on any atom is -0.309 e. The average Bonchev–Trinajstić information content (AvgIpc) is 3.12. The first-order valence-corrected chi connectivity index (χ1v) is 11.1. The number of rotatable bonds is 6. The number of aromatic amines is 1. The highest BCUT2D eigenvalue weighted by Gasteiger charge is 2.23. The van der Waals surface area contributed by atoms with Crippen LogP contribution in [0.3, 0.4) is 0 Å². The highest BCUT2D eigenvalue weighted by atomic mass is 32.2. The number of nitrogens with one attached hydrogen (secondary N) is 2. The summed E-state index contributed by atoms with van der Waals surface area (Å²) in [6.07, 6.45) is 3.57. The first-order valence-electron chi connectivity index (χ1n) is 8.29. The number of H-pyrrole nitrogens is 1. The molecule has 4 rings (SSSR count). The molecule has 1 saturated carbocycles. The zero-order valence-electron chi connectivity index (χ0n) is 14.1. The Morgan fingerprint density at radius 3 is 3.00 bits per heavy atom. The SMILES string of the molecule is Cc1cc2c(=O)[nH]c(CSCC(=O)Nc3nnc(C4CCC4)s3)nc2s1. The highest BCUT2D eigenvalue weighted by molar-refractivity contribution is 7.99. The molecule has 0 spiro atoms. The second kappa shape index (κ2) is 7.45. The van der Waals surface area contributed by atoms with Crippen LogP contribution in [0.5, 0.6) is 0 Å². The van der Waals surface area contributed by atoms with Crippen LogP contribution in [0.15, 0.2) is 10.9 Å². The third-order valence-corrected chi connectivity index (χ3v) is 7.08. The molecule has 0 aromatic carbocycles. The fourth-order valence-electron chi connectivity index (χ4n) is 2.67. The Balaban J connectivity index is 1.30. The van der Waals surface area contributed by atoms with E-state index in [-0.39, 0.29) is 17.2 Å². The predicted molar refractivity (Wildman–Crippen MR) is 106 cm³/mol.